The minimum atomic E-state index is -0.951. The van der Waals surface area contributed by atoms with E-state index in [2.05, 4.69) is 6.07 Å². The van der Waals surface area contributed by atoms with Crippen molar-refractivity contribution in [3.63, 3.8) is 0 Å². The number of nitrogens with zero attached hydrogens (tertiary/aromatic N) is 1. The van der Waals surface area contributed by atoms with Gasteiger partial charge >= 0.3 is 5.97 Å². The highest BCUT2D eigenvalue weighted by Crippen LogP contribution is 2.48. The van der Waals surface area contributed by atoms with Gasteiger partial charge in [0.25, 0.3) is 0 Å². The molecule has 0 radical (unpaired) electrons. The molecule has 0 aromatic heterocycles. The summed E-state index contributed by atoms with van der Waals surface area (Å²) in [5.74, 6) is -0.951. The number of ether oxygens (including phenoxy) is 1. The maximum Gasteiger partial charge on any atom is 0.332 e. The predicted octanol–water partition coefficient (Wildman–Crippen LogP) is 1.17. The van der Waals surface area contributed by atoms with Crippen molar-refractivity contribution >= 4 is 5.97 Å². The van der Waals surface area contributed by atoms with Crippen LogP contribution in [0.15, 0.2) is 0 Å². The van der Waals surface area contributed by atoms with E-state index in [1.807, 2.05) is 0 Å². The SMILES string of the molecule is C[C@@H](OCC1(CC#N)CC1)C(=O)O. The summed E-state index contributed by atoms with van der Waals surface area (Å²) in [6.07, 6.45) is 1.66. The molecule has 0 aliphatic heterocycles. The number of hydrogen-bond acceptors (Lipinski definition) is 3. The molecule has 1 fully saturated rings. The molecule has 1 rings (SSSR count). The van der Waals surface area contributed by atoms with Crippen LogP contribution in [0, 0.1) is 16.7 Å². The topological polar surface area (TPSA) is 70.3 Å². The van der Waals surface area contributed by atoms with Gasteiger partial charge in [-0.05, 0) is 19.8 Å². The molecule has 1 aliphatic rings. The monoisotopic (exact) mass is 183 g/mol. The normalized spacial score (nSPS) is 20.3. The first-order chi connectivity index (χ1) is 6.09. The molecule has 0 saturated heterocycles. The molecule has 1 aliphatic carbocycles. The number of carbonyl (C=O) groups is 1. The Morgan fingerprint density at radius 1 is 1.77 bits per heavy atom. The average molecular weight is 183 g/mol. The van der Waals surface area contributed by atoms with Crippen molar-refractivity contribution in [1.82, 2.24) is 0 Å². The van der Waals surface area contributed by atoms with E-state index in [1.54, 1.807) is 0 Å². The van der Waals surface area contributed by atoms with Gasteiger partial charge in [-0.15, -0.1) is 0 Å². The third kappa shape index (κ3) is 2.71. The lowest BCUT2D eigenvalue weighted by molar-refractivity contribution is -0.150. The van der Waals surface area contributed by atoms with Gasteiger partial charge in [0.2, 0.25) is 0 Å². The Morgan fingerprint density at radius 3 is 2.77 bits per heavy atom. The molecule has 4 heteroatoms. The molecule has 13 heavy (non-hydrogen) atoms. The van der Waals surface area contributed by atoms with Gasteiger partial charge in [0.05, 0.1) is 12.7 Å². The van der Waals surface area contributed by atoms with E-state index in [1.165, 1.54) is 6.92 Å². The van der Waals surface area contributed by atoms with E-state index in [-0.39, 0.29) is 5.41 Å². The number of hydrogen-bond donors (Lipinski definition) is 1. The quantitative estimate of drug-likeness (QED) is 0.694. The summed E-state index contributed by atoms with van der Waals surface area (Å²) in [6, 6.07) is 2.10. The first-order valence-electron chi connectivity index (χ1n) is 4.31. The molecule has 1 N–H and O–H groups in total. The number of aliphatic carboxylic acids is 1. The number of nitriles is 1. The molecule has 0 spiro atoms. The van der Waals surface area contributed by atoms with Gasteiger partial charge in [0.15, 0.2) is 6.10 Å². The Bertz CT molecular complexity index is 240. The van der Waals surface area contributed by atoms with Gasteiger partial charge in [0.1, 0.15) is 0 Å². The molecule has 0 bridgehead atoms. The van der Waals surface area contributed by atoms with Crippen LogP contribution in [0.3, 0.4) is 0 Å². The minimum absolute atomic E-state index is 0.0293. The van der Waals surface area contributed by atoms with Crippen LogP contribution >= 0.6 is 0 Å². The van der Waals surface area contributed by atoms with Crippen molar-refractivity contribution in [1.29, 1.82) is 5.26 Å². The molecule has 72 valence electrons. The third-order valence-electron chi connectivity index (χ3n) is 2.40. The fourth-order valence-corrected chi connectivity index (χ4v) is 1.09. The molecule has 0 unspecified atom stereocenters. The number of carboxylic acid groups (broad SMARTS) is 1. The molecule has 1 atom stereocenters. The predicted molar refractivity (Wildman–Crippen MR) is 44.9 cm³/mol. The highest BCUT2D eigenvalue weighted by Gasteiger charge is 2.43. The van der Waals surface area contributed by atoms with Crippen LogP contribution in [-0.4, -0.2) is 23.8 Å². The fourth-order valence-electron chi connectivity index (χ4n) is 1.09. The zero-order valence-electron chi connectivity index (χ0n) is 7.62. The molecular weight excluding hydrogens is 170 g/mol. The Kier molecular flexibility index (Phi) is 2.89. The van der Waals surface area contributed by atoms with Gasteiger partial charge in [-0.25, -0.2) is 4.79 Å². The summed E-state index contributed by atoms with van der Waals surface area (Å²) in [5.41, 5.74) is -0.0293. The number of rotatable bonds is 5. The molecule has 0 aromatic rings. The van der Waals surface area contributed by atoms with E-state index in [4.69, 9.17) is 15.1 Å². The molecule has 0 amide bonds. The van der Waals surface area contributed by atoms with Crippen molar-refractivity contribution in [3.8, 4) is 6.07 Å². The smallest absolute Gasteiger partial charge is 0.332 e. The standard InChI is InChI=1S/C9H13NO3/c1-7(8(11)12)13-6-9(2-3-9)4-5-10/h7H,2-4,6H2,1H3,(H,11,12)/t7-/m1/s1. The van der Waals surface area contributed by atoms with Crippen molar-refractivity contribution < 1.29 is 14.6 Å². The van der Waals surface area contributed by atoms with E-state index in [0.717, 1.165) is 12.8 Å². The van der Waals surface area contributed by atoms with E-state index >= 15 is 0 Å². The van der Waals surface area contributed by atoms with Gasteiger partial charge in [-0.1, -0.05) is 0 Å². The first kappa shape index (κ1) is 10.0. The van der Waals surface area contributed by atoms with Gasteiger partial charge in [0, 0.05) is 11.8 Å². The Labute approximate surface area is 77.1 Å². The Balaban J connectivity index is 2.27. The highest BCUT2D eigenvalue weighted by molar-refractivity contribution is 5.71. The Morgan fingerprint density at radius 2 is 2.38 bits per heavy atom. The van der Waals surface area contributed by atoms with Gasteiger partial charge < -0.3 is 9.84 Å². The van der Waals surface area contributed by atoms with Crippen LogP contribution in [0.4, 0.5) is 0 Å². The first-order valence-corrected chi connectivity index (χ1v) is 4.31. The third-order valence-corrected chi connectivity index (χ3v) is 2.40. The minimum Gasteiger partial charge on any atom is -0.479 e. The van der Waals surface area contributed by atoms with E-state index in [9.17, 15) is 4.79 Å². The van der Waals surface area contributed by atoms with Crippen molar-refractivity contribution in [2.75, 3.05) is 6.61 Å². The van der Waals surface area contributed by atoms with Crippen molar-refractivity contribution in [2.45, 2.75) is 32.3 Å². The summed E-state index contributed by atoms with van der Waals surface area (Å²) >= 11 is 0. The van der Waals surface area contributed by atoms with Gasteiger partial charge in [-0.3, -0.25) is 0 Å². The average Bonchev–Trinajstić information content (AvgIpc) is 2.82. The summed E-state index contributed by atoms with van der Waals surface area (Å²) in [7, 11) is 0. The molecule has 0 aromatic carbocycles. The van der Waals surface area contributed by atoms with Crippen LogP contribution in [0.25, 0.3) is 0 Å². The highest BCUT2D eigenvalue weighted by atomic mass is 16.5. The second-order valence-electron chi connectivity index (χ2n) is 3.63. The molecular formula is C9H13NO3. The Hall–Kier alpha value is -1.08. The lowest BCUT2D eigenvalue weighted by atomic mass is 10.1. The maximum atomic E-state index is 10.4. The zero-order chi connectivity index (χ0) is 9.90. The summed E-state index contributed by atoms with van der Waals surface area (Å²) in [4.78, 5) is 10.4. The van der Waals surface area contributed by atoms with Crippen LogP contribution in [0.5, 0.6) is 0 Å². The van der Waals surface area contributed by atoms with Crippen molar-refractivity contribution in [3.05, 3.63) is 0 Å². The van der Waals surface area contributed by atoms with E-state index < -0.39 is 12.1 Å². The summed E-state index contributed by atoms with van der Waals surface area (Å²) < 4.78 is 5.13. The van der Waals surface area contributed by atoms with Crippen LogP contribution in [0.2, 0.25) is 0 Å². The van der Waals surface area contributed by atoms with Crippen molar-refractivity contribution in [2.24, 2.45) is 5.41 Å². The van der Waals surface area contributed by atoms with Crippen LogP contribution in [-0.2, 0) is 9.53 Å². The molecule has 4 nitrogen and oxygen atoms in total. The molecule has 0 heterocycles. The zero-order valence-corrected chi connectivity index (χ0v) is 7.62. The lowest BCUT2D eigenvalue weighted by Gasteiger charge is -2.13. The van der Waals surface area contributed by atoms with Gasteiger partial charge in [-0.2, -0.15) is 5.26 Å². The van der Waals surface area contributed by atoms with E-state index in [0.29, 0.717) is 13.0 Å². The van der Waals surface area contributed by atoms with Crippen LogP contribution in [0.1, 0.15) is 26.2 Å². The largest absolute Gasteiger partial charge is 0.479 e. The summed E-state index contributed by atoms with van der Waals surface area (Å²) in [5, 5.41) is 17.0. The van der Waals surface area contributed by atoms with Crippen LogP contribution < -0.4 is 0 Å². The molecule has 1 saturated carbocycles. The maximum absolute atomic E-state index is 10.4. The lowest BCUT2D eigenvalue weighted by Crippen LogP contribution is -2.23. The second-order valence-corrected chi connectivity index (χ2v) is 3.63. The fraction of sp³-hybridized carbons (Fsp3) is 0.778. The summed E-state index contributed by atoms with van der Waals surface area (Å²) in [6.45, 7) is 1.90. The number of carboxylic acids is 1. The second kappa shape index (κ2) is 3.75.